The highest BCUT2D eigenvalue weighted by molar-refractivity contribution is 5.76. The predicted molar refractivity (Wildman–Crippen MR) is 134 cm³/mol. The van der Waals surface area contributed by atoms with E-state index in [-0.39, 0.29) is 29.9 Å². The minimum absolute atomic E-state index is 0.0963. The zero-order valence-electron chi connectivity index (χ0n) is 21.4. The van der Waals surface area contributed by atoms with Crippen molar-refractivity contribution in [3.63, 3.8) is 0 Å². The van der Waals surface area contributed by atoms with Gasteiger partial charge in [-0.25, -0.2) is 9.97 Å². The molecule has 4 aromatic rings. The molecule has 36 heavy (non-hydrogen) atoms. The maximum Gasteiger partial charge on any atom is 0.261 e. The van der Waals surface area contributed by atoms with Crippen molar-refractivity contribution in [3.8, 4) is 22.7 Å². The van der Waals surface area contributed by atoms with Crippen molar-refractivity contribution in [1.29, 1.82) is 0 Å². The Morgan fingerprint density at radius 2 is 1.78 bits per heavy atom. The second-order valence-electron chi connectivity index (χ2n) is 10.3. The largest absolute Gasteiger partial charge is 0.368 e. The molecule has 0 bridgehead atoms. The van der Waals surface area contributed by atoms with Crippen molar-refractivity contribution in [2.45, 2.75) is 59.0 Å². The van der Waals surface area contributed by atoms with Gasteiger partial charge in [0, 0.05) is 35.9 Å². The Labute approximate surface area is 209 Å². The van der Waals surface area contributed by atoms with Crippen molar-refractivity contribution >= 4 is 11.9 Å². The quantitative estimate of drug-likeness (QED) is 0.398. The fourth-order valence-electron chi connectivity index (χ4n) is 3.78. The molecule has 0 saturated heterocycles. The number of nitrogens with zero attached hydrogens (tertiary/aromatic N) is 7. The van der Waals surface area contributed by atoms with Gasteiger partial charge in [-0.3, -0.25) is 14.5 Å². The van der Waals surface area contributed by atoms with Crippen LogP contribution in [0.15, 0.2) is 47.6 Å². The van der Waals surface area contributed by atoms with E-state index in [1.807, 2.05) is 39.1 Å². The van der Waals surface area contributed by atoms with E-state index >= 15 is 0 Å². The van der Waals surface area contributed by atoms with Gasteiger partial charge in [0.2, 0.25) is 11.9 Å². The number of carbonyl (C=O) groups excluding carboxylic acids is 1. The average molecular weight is 490 g/mol. The lowest BCUT2D eigenvalue weighted by atomic mass is 9.73. The second-order valence-corrected chi connectivity index (χ2v) is 10.3. The maximum atomic E-state index is 12.2. The topological polar surface area (TPSA) is 151 Å². The summed E-state index contributed by atoms with van der Waals surface area (Å²) in [5.74, 6) is 1.10. The van der Waals surface area contributed by atoms with E-state index < -0.39 is 5.41 Å². The molecule has 0 aromatic carbocycles. The lowest BCUT2D eigenvalue weighted by molar-refractivity contribution is -0.123. The summed E-state index contributed by atoms with van der Waals surface area (Å²) in [7, 11) is 0. The standard InChI is InChI=1S/C25H31N9O2/c1-15(2)25(6,18-7-8-19(27-12-18)16-9-28-23(26)29-10-16)22-31-21(36-33-22)17-11-30-34(13-17)14-20(35)32-24(3,4)5/h7-13,15H,14H2,1-6H3,(H,32,35)(H2,26,28,29)/t25-/m1/s1. The third-order valence-corrected chi connectivity index (χ3v) is 6.08. The van der Waals surface area contributed by atoms with Crippen LogP contribution in [0.3, 0.4) is 0 Å². The van der Waals surface area contributed by atoms with Crippen LogP contribution < -0.4 is 11.1 Å². The molecule has 0 radical (unpaired) electrons. The Bertz CT molecular complexity index is 1340. The van der Waals surface area contributed by atoms with E-state index in [1.165, 1.54) is 0 Å². The Balaban J connectivity index is 1.57. The summed E-state index contributed by atoms with van der Waals surface area (Å²) in [5, 5.41) is 11.5. The van der Waals surface area contributed by atoms with Crippen LogP contribution in [-0.2, 0) is 16.8 Å². The minimum atomic E-state index is -0.562. The number of nitrogens with two attached hydrogens (primary N) is 1. The van der Waals surface area contributed by atoms with Gasteiger partial charge >= 0.3 is 0 Å². The number of amides is 1. The molecule has 4 rings (SSSR count). The Morgan fingerprint density at radius 3 is 2.39 bits per heavy atom. The smallest absolute Gasteiger partial charge is 0.261 e. The van der Waals surface area contributed by atoms with Crippen molar-refractivity contribution in [1.82, 2.24) is 40.2 Å². The van der Waals surface area contributed by atoms with Crippen LogP contribution in [0.2, 0.25) is 0 Å². The maximum absolute atomic E-state index is 12.2. The number of hydrogen-bond acceptors (Lipinski definition) is 9. The van der Waals surface area contributed by atoms with Crippen molar-refractivity contribution in [2.75, 3.05) is 5.73 Å². The van der Waals surface area contributed by atoms with Gasteiger partial charge in [0.05, 0.1) is 22.9 Å². The van der Waals surface area contributed by atoms with Gasteiger partial charge in [0.15, 0.2) is 5.82 Å². The van der Waals surface area contributed by atoms with Crippen LogP contribution in [0.25, 0.3) is 22.7 Å². The van der Waals surface area contributed by atoms with E-state index in [0.29, 0.717) is 17.3 Å². The van der Waals surface area contributed by atoms with Crippen molar-refractivity contribution < 1.29 is 9.32 Å². The lowest BCUT2D eigenvalue weighted by Gasteiger charge is -2.30. The fraction of sp³-hybridized carbons (Fsp3) is 0.400. The highest BCUT2D eigenvalue weighted by atomic mass is 16.5. The number of rotatable bonds is 7. The molecular formula is C25H31N9O2. The fourth-order valence-corrected chi connectivity index (χ4v) is 3.78. The molecule has 11 nitrogen and oxygen atoms in total. The molecule has 0 unspecified atom stereocenters. The summed E-state index contributed by atoms with van der Waals surface area (Å²) in [6, 6.07) is 3.92. The number of hydrogen-bond donors (Lipinski definition) is 2. The molecule has 1 atom stereocenters. The molecule has 11 heteroatoms. The van der Waals surface area contributed by atoms with Crippen LogP contribution in [-0.4, -0.2) is 46.3 Å². The molecule has 0 aliphatic carbocycles. The molecule has 1 amide bonds. The van der Waals surface area contributed by atoms with E-state index in [0.717, 1.165) is 16.8 Å². The van der Waals surface area contributed by atoms with Gasteiger partial charge in [-0.15, -0.1) is 0 Å². The number of carbonyl (C=O) groups is 1. The molecule has 4 aromatic heterocycles. The first-order valence-electron chi connectivity index (χ1n) is 11.7. The van der Waals surface area contributed by atoms with E-state index in [2.05, 4.69) is 51.3 Å². The van der Waals surface area contributed by atoms with Crippen LogP contribution >= 0.6 is 0 Å². The summed E-state index contributed by atoms with van der Waals surface area (Å²) in [5.41, 5.74) is 7.80. The van der Waals surface area contributed by atoms with Crippen LogP contribution in [0, 0.1) is 5.92 Å². The summed E-state index contributed by atoms with van der Waals surface area (Å²) in [6.07, 6.45) is 8.43. The van der Waals surface area contributed by atoms with Gasteiger partial charge in [0.1, 0.15) is 6.54 Å². The van der Waals surface area contributed by atoms with Gasteiger partial charge in [-0.1, -0.05) is 25.1 Å². The molecule has 0 saturated carbocycles. The van der Waals surface area contributed by atoms with Gasteiger partial charge in [-0.2, -0.15) is 10.1 Å². The number of pyridine rings is 1. The number of nitrogens with one attached hydrogen (secondary N) is 1. The molecule has 0 aliphatic heterocycles. The first-order chi connectivity index (χ1) is 17.0. The highest BCUT2D eigenvalue weighted by Crippen LogP contribution is 2.38. The Hall–Kier alpha value is -4.15. The Kier molecular flexibility index (Phi) is 6.57. The van der Waals surface area contributed by atoms with Crippen LogP contribution in [0.1, 0.15) is 52.9 Å². The second kappa shape index (κ2) is 9.48. The summed E-state index contributed by atoms with van der Waals surface area (Å²) < 4.78 is 7.16. The molecule has 188 valence electrons. The highest BCUT2D eigenvalue weighted by Gasteiger charge is 2.38. The van der Waals surface area contributed by atoms with Gasteiger partial charge < -0.3 is 15.6 Å². The van der Waals surface area contributed by atoms with Crippen molar-refractivity contribution in [3.05, 3.63) is 54.5 Å². The molecule has 0 spiro atoms. The first-order valence-corrected chi connectivity index (χ1v) is 11.7. The van der Waals surface area contributed by atoms with Crippen LogP contribution in [0.5, 0.6) is 0 Å². The van der Waals surface area contributed by atoms with Gasteiger partial charge in [-0.05, 0) is 45.2 Å². The van der Waals surface area contributed by atoms with Crippen molar-refractivity contribution in [2.24, 2.45) is 5.92 Å². The first kappa shape index (κ1) is 25.0. The molecule has 4 heterocycles. The normalized spacial score (nSPS) is 13.5. The summed E-state index contributed by atoms with van der Waals surface area (Å²) in [6.45, 7) is 12.2. The number of anilines is 1. The summed E-state index contributed by atoms with van der Waals surface area (Å²) in [4.78, 5) is 29.6. The molecule has 3 N–H and O–H groups in total. The zero-order valence-corrected chi connectivity index (χ0v) is 21.4. The number of aromatic nitrogens is 7. The van der Waals surface area contributed by atoms with Crippen LogP contribution in [0.4, 0.5) is 5.95 Å². The van der Waals surface area contributed by atoms with E-state index in [9.17, 15) is 4.79 Å². The van der Waals surface area contributed by atoms with Gasteiger partial charge in [0.25, 0.3) is 5.89 Å². The summed E-state index contributed by atoms with van der Waals surface area (Å²) >= 11 is 0. The third-order valence-electron chi connectivity index (χ3n) is 6.08. The SMILES string of the molecule is CC(C)[C@](C)(c1ccc(-c2cnc(N)nc2)nc1)c1noc(-c2cnn(CC(=O)NC(C)(C)C)c2)n1. The lowest BCUT2D eigenvalue weighted by Crippen LogP contribution is -2.42. The molecule has 0 aliphatic rings. The Morgan fingerprint density at radius 1 is 1.06 bits per heavy atom. The monoisotopic (exact) mass is 489 g/mol. The van der Waals surface area contributed by atoms with E-state index in [1.54, 1.807) is 29.5 Å². The predicted octanol–water partition coefficient (Wildman–Crippen LogP) is 3.24. The molecular weight excluding hydrogens is 458 g/mol. The molecule has 0 fully saturated rings. The average Bonchev–Trinajstić information content (AvgIpc) is 3.48. The minimum Gasteiger partial charge on any atom is -0.368 e. The zero-order chi connectivity index (χ0) is 26.1. The third kappa shape index (κ3) is 5.24. The van der Waals surface area contributed by atoms with E-state index in [4.69, 9.17) is 15.2 Å². The number of nitrogen functional groups attached to an aromatic ring is 1.